The van der Waals surface area contributed by atoms with Gasteiger partial charge >= 0.3 is 11.7 Å². The Morgan fingerprint density at radius 3 is 2.33 bits per heavy atom. The van der Waals surface area contributed by atoms with Crippen LogP contribution in [-0.4, -0.2) is 61.5 Å². The number of rotatable bonds is 8. The number of nitrogens with zero attached hydrogens (tertiary/aromatic N) is 4. The van der Waals surface area contributed by atoms with Gasteiger partial charge in [-0.3, -0.25) is 4.79 Å². The van der Waals surface area contributed by atoms with E-state index in [9.17, 15) is 26.4 Å². The normalized spacial score (nSPS) is 17.6. The summed E-state index contributed by atoms with van der Waals surface area (Å²) in [4.78, 5) is 15.2. The lowest BCUT2D eigenvalue weighted by molar-refractivity contribution is -0.194. The van der Waals surface area contributed by atoms with Crippen molar-refractivity contribution in [3.05, 3.63) is 75.7 Å². The molecule has 3 aromatic rings. The summed E-state index contributed by atoms with van der Waals surface area (Å²) >= 11 is 6.06. The number of aromatic nitrogens is 2. The third kappa shape index (κ3) is 5.77. The van der Waals surface area contributed by atoms with E-state index in [0.717, 1.165) is 4.68 Å². The lowest BCUT2D eigenvalue weighted by atomic mass is 10.1. The van der Waals surface area contributed by atoms with Gasteiger partial charge in [-0.25, -0.2) is 8.42 Å². The first-order valence-electron chi connectivity index (χ1n) is 12.5. The first-order chi connectivity index (χ1) is 18.9. The second kappa shape index (κ2) is 10.6. The first-order valence-corrected chi connectivity index (χ1v) is 14.5. The largest absolute Gasteiger partial charge is 0.485 e. The van der Waals surface area contributed by atoms with Gasteiger partial charge in [0.05, 0.1) is 17.6 Å². The lowest BCUT2D eigenvalue weighted by Gasteiger charge is -2.36. The molecule has 0 radical (unpaired) electrons. The highest BCUT2D eigenvalue weighted by molar-refractivity contribution is 7.88. The molecule has 2 N–H and O–H groups in total. The van der Waals surface area contributed by atoms with Crippen molar-refractivity contribution in [2.75, 3.05) is 43.4 Å². The molecule has 214 valence electrons. The Kier molecular flexibility index (Phi) is 7.48. The molecule has 0 unspecified atom stereocenters. The van der Waals surface area contributed by atoms with Crippen LogP contribution < -0.4 is 20.9 Å². The molecule has 0 bridgehead atoms. The summed E-state index contributed by atoms with van der Waals surface area (Å²) in [6.45, 7) is -0.108. The van der Waals surface area contributed by atoms with Crippen LogP contribution in [0.3, 0.4) is 0 Å². The van der Waals surface area contributed by atoms with Crippen molar-refractivity contribution in [3.8, 4) is 11.4 Å². The van der Waals surface area contributed by atoms with Gasteiger partial charge in [0.25, 0.3) is 0 Å². The number of halogens is 4. The summed E-state index contributed by atoms with van der Waals surface area (Å²) in [5.74, 6) is -0.470. The van der Waals surface area contributed by atoms with Crippen LogP contribution in [0.4, 0.5) is 24.5 Å². The molecule has 0 spiro atoms. The standard InChI is InChI=1S/C26H27ClF3N5O4S/c27-19-2-1-3-21(14-19)35-24(36)23(39-17-25(8-9-25)26(28,29)30)22(15-32-35)33-10-12-34(13-11-33)40(37,38)16-18-4-6-20(31)7-5-18/h1-7,14-15H,8-13,16-17,31H2. The molecule has 1 aliphatic carbocycles. The number of nitrogen functional groups attached to an aromatic ring is 1. The van der Waals surface area contributed by atoms with Crippen molar-refractivity contribution in [1.82, 2.24) is 14.1 Å². The van der Waals surface area contributed by atoms with Crippen molar-refractivity contribution in [2.24, 2.45) is 5.41 Å². The highest BCUT2D eigenvalue weighted by atomic mass is 35.5. The Morgan fingerprint density at radius 2 is 1.73 bits per heavy atom. The van der Waals surface area contributed by atoms with Crippen LogP contribution in [0, 0.1) is 5.41 Å². The van der Waals surface area contributed by atoms with Crippen LogP contribution >= 0.6 is 11.6 Å². The summed E-state index contributed by atoms with van der Waals surface area (Å²) in [6.07, 6.45) is -3.27. The molecule has 2 aliphatic rings. The van der Waals surface area contributed by atoms with Gasteiger partial charge in [-0.1, -0.05) is 29.8 Å². The number of benzene rings is 2. The van der Waals surface area contributed by atoms with Crippen LogP contribution in [0.2, 0.25) is 5.02 Å². The van der Waals surface area contributed by atoms with Gasteiger partial charge in [0.1, 0.15) is 17.7 Å². The molecule has 1 saturated heterocycles. The zero-order valence-corrected chi connectivity index (χ0v) is 22.8. The van der Waals surface area contributed by atoms with Crippen LogP contribution in [-0.2, 0) is 15.8 Å². The van der Waals surface area contributed by atoms with E-state index in [1.807, 2.05) is 0 Å². The zero-order chi connectivity index (χ0) is 28.7. The molecule has 14 heteroatoms. The number of hydrogen-bond donors (Lipinski definition) is 1. The van der Waals surface area contributed by atoms with Crippen molar-refractivity contribution in [2.45, 2.75) is 24.8 Å². The molecule has 1 saturated carbocycles. The predicted octanol–water partition coefficient (Wildman–Crippen LogP) is 3.84. The second-order valence-electron chi connectivity index (χ2n) is 10.0. The summed E-state index contributed by atoms with van der Waals surface area (Å²) in [6, 6.07) is 12.9. The fourth-order valence-corrected chi connectivity index (χ4v) is 6.28. The van der Waals surface area contributed by atoms with Crippen molar-refractivity contribution < 1.29 is 26.3 Å². The minimum atomic E-state index is -4.46. The smallest absolute Gasteiger partial charge is 0.397 e. The molecule has 1 aliphatic heterocycles. The molecule has 5 rings (SSSR count). The molecule has 2 aromatic carbocycles. The second-order valence-corrected chi connectivity index (χ2v) is 12.4. The summed E-state index contributed by atoms with van der Waals surface area (Å²) in [5, 5.41) is 4.57. The topological polar surface area (TPSA) is 111 Å². The molecule has 1 aromatic heterocycles. The van der Waals surface area contributed by atoms with Gasteiger partial charge < -0.3 is 15.4 Å². The van der Waals surface area contributed by atoms with E-state index in [1.54, 1.807) is 47.4 Å². The number of ether oxygens (including phenoxy) is 1. The van der Waals surface area contributed by atoms with Crippen LogP contribution in [0.1, 0.15) is 18.4 Å². The van der Waals surface area contributed by atoms with Crippen molar-refractivity contribution in [1.29, 1.82) is 0 Å². The lowest BCUT2D eigenvalue weighted by Crippen LogP contribution is -2.49. The molecule has 0 atom stereocenters. The highest BCUT2D eigenvalue weighted by Gasteiger charge is 2.64. The third-order valence-corrected chi connectivity index (χ3v) is 9.30. The average molecular weight is 598 g/mol. The Morgan fingerprint density at radius 1 is 1.05 bits per heavy atom. The van der Waals surface area contributed by atoms with E-state index in [0.29, 0.717) is 22.0 Å². The molecule has 9 nitrogen and oxygen atoms in total. The Bertz CT molecular complexity index is 1550. The minimum Gasteiger partial charge on any atom is -0.485 e. The number of alkyl halides is 3. The van der Waals surface area contributed by atoms with Gasteiger partial charge in [0, 0.05) is 36.9 Å². The summed E-state index contributed by atoms with van der Waals surface area (Å²) < 4.78 is 74.9. The Labute approximate surface area is 233 Å². The number of anilines is 2. The Balaban J connectivity index is 1.39. The van der Waals surface area contributed by atoms with Crippen LogP contribution in [0.5, 0.6) is 5.75 Å². The Hall–Kier alpha value is -3.29. The summed E-state index contributed by atoms with van der Waals surface area (Å²) in [7, 11) is -3.64. The monoisotopic (exact) mass is 597 g/mol. The van der Waals surface area contributed by atoms with E-state index in [-0.39, 0.29) is 56.2 Å². The van der Waals surface area contributed by atoms with Crippen molar-refractivity contribution in [3.63, 3.8) is 0 Å². The number of piperazine rings is 1. The molecule has 2 heterocycles. The van der Waals surface area contributed by atoms with Gasteiger partial charge in [-0.05, 0) is 48.7 Å². The molecular weight excluding hydrogens is 571 g/mol. The third-order valence-electron chi connectivity index (χ3n) is 7.22. The predicted molar refractivity (Wildman–Crippen MR) is 145 cm³/mol. The van der Waals surface area contributed by atoms with Gasteiger partial charge in [-0.15, -0.1) is 0 Å². The first kappa shape index (κ1) is 28.2. The number of sulfonamides is 1. The van der Waals surface area contributed by atoms with Gasteiger partial charge in [0.2, 0.25) is 15.8 Å². The quantitative estimate of drug-likeness (QED) is 0.393. The summed E-state index contributed by atoms with van der Waals surface area (Å²) in [5.41, 5.74) is 4.60. The number of hydrogen-bond acceptors (Lipinski definition) is 7. The van der Waals surface area contributed by atoms with Crippen LogP contribution in [0.25, 0.3) is 5.69 Å². The molecule has 40 heavy (non-hydrogen) atoms. The van der Waals surface area contributed by atoms with E-state index in [2.05, 4.69) is 5.10 Å². The zero-order valence-electron chi connectivity index (χ0n) is 21.3. The van der Waals surface area contributed by atoms with E-state index in [4.69, 9.17) is 22.1 Å². The number of nitrogens with two attached hydrogens (primary N) is 1. The highest BCUT2D eigenvalue weighted by Crippen LogP contribution is 2.57. The van der Waals surface area contributed by atoms with E-state index < -0.39 is 33.8 Å². The molecule has 0 amide bonds. The van der Waals surface area contributed by atoms with E-state index >= 15 is 0 Å². The van der Waals surface area contributed by atoms with Gasteiger partial charge in [-0.2, -0.15) is 27.3 Å². The fourth-order valence-electron chi connectivity index (χ4n) is 4.58. The SMILES string of the molecule is Nc1ccc(CS(=O)(=O)N2CCN(c3cnn(-c4cccc(Cl)c4)c(=O)c3OCC3(C(F)(F)F)CC3)CC2)cc1. The molecule has 2 fully saturated rings. The fraction of sp³-hybridized carbons (Fsp3) is 0.385. The van der Waals surface area contributed by atoms with Gasteiger partial charge in [0.15, 0.2) is 0 Å². The van der Waals surface area contributed by atoms with E-state index in [1.165, 1.54) is 16.6 Å². The average Bonchev–Trinajstić information content (AvgIpc) is 3.71. The maximum absolute atomic E-state index is 13.6. The van der Waals surface area contributed by atoms with Crippen molar-refractivity contribution >= 4 is 33.0 Å². The van der Waals surface area contributed by atoms with Crippen LogP contribution in [0.15, 0.2) is 59.5 Å². The maximum Gasteiger partial charge on any atom is 0.397 e. The minimum absolute atomic E-state index is 0.0794. The maximum atomic E-state index is 13.6. The molecular formula is C26H27ClF3N5O4S.